The zero-order chi connectivity index (χ0) is 28.5. The molecule has 0 radical (unpaired) electrons. The molecule has 4 rings (SSSR count). The molecule has 0 aliphatic rings. The van der Waals surface area contributed by atoms with Gasteiger partial charge in [-0.05, 0) is 74.1 Å². The van der Waals surface area contributed by atoms with Crippen LogP contribution in [0, 0.1) is 20.8 Å². The second-order valence-electron chi connectivity index (χ2n) is 10.4. The van der Waals surface area contributed by atoms with Crippen molar-refractivity contribution in [3.63, 3.8) is 0 Å². The predicted octanol–water partition coefficient (Wildman–Crippen LogP) is 6.24. The number of ether oxygens (including phenoxy) is 1. The maximum atomic E-state index is 13.8. The normalized spacial score (nSPS) is 11.0. The number of rotatable bonds is 12. The minimum Gasteiger partial charge on any atom is -0.385 e. The van der Waals surface area contributed by atoms with E-state index in [1.54, 1.807) is 12.0 Å². The van der Waals surface area contributed by atoms with Gasteiger partial charge in [0.2, 0.25) is 5.91 Å². The van der Waals surface area contributed by atoms with Gasteiger partial charge in [-0.3, -0.25) is 4.79 Å². The third-order valence-electron chi connectivity index (χ3n) is 7.32. The predicted molar refractivity (Wildman–Crippen MR) is 162 cm³/mol. The minimum absolute atomic E-state index is 0.0138. The Kier molecular flexibility index (Phi) is 9.97. The molecule has 0 bridgehead atoms. The zero-order valence-corrected chi connectivity index (χ0v) is 24.0. The van der Waals surface area contributed by atoms with Crippen molar-refractivity contribution >= 4 is 28.5 Å². The second-order valence-corrected chi connectivity index (χ2v) is 10.4. The summed E-state index contributed by atoms with van der Waals surface area (Å²) >= 11 is 0. The Morgan fingerprint density at radius 2 is 1.68 bits per heavy atom. The number of aryl methyl sites for hydroxylation is 3. The van der Waals surface area contributed by atoms with E-state index in [0.29, 0.717) is 44.8 Å². The number of benzene rings is 3. The van der Waals surface area contributed by atoms with Gasteiger partial charge in [-0.2, -0.15) is 0 Å². The molecule has 210 valence electrons. The molecule has 0 spiro atoms. The zero-order valence-electron chi connectivity index (χ0n) is 24.0. The van der Waals surface area contributed by atoms with Crippen LogP contribution in [0.3, 0.4) is 0 Å². The molecule has 3 amide bonds. The molecule has 0 saturated heterocycles. The molecular formula is C33H40N4O3. The fourth-order valence-corrected chi connectivity index (χ4v) is 4.74. The van der Waals surface area contributed by atoms with Gasteiger partial charge in [0.25, 0.3) is 0 Å². The summed E-state index contributed by atoms with van der Waals surface area (Å²) in [4.78, 5) is 33.9. The largest absolute Gasteiger partial charge is 0.385 e. The molecule has 0 unspecified atom stereocenters. The van der Waals surface area contributed by atoms with Gasteiger partial charge in [-0.25, -0.2) is 4.79 Å². The maximum absolute atomic E-state index is 13.8. The molecule has 0 atom stereocenters. The van der Waals surface area contributed by atoms with E-state index in [4.69, 9.17) is 4.74 Å². The molecule has 0 fully saturated rings. The summed E-state index contributed by atoms with van der Waals surface area (Å²) in [6.45, 7) is 8.03. The third kappa shape index (κ3) is 7.73. The molecular weight excluding hydrogens is 500 g/mol. The van der Waals surface area contributed by atoms with Crippen LogP contribution in [0.1, 0.15) is 34.2 Å². The van der Waals surface area contributed by atoms with Crippen molar-refractivity contribution in [1.82, 2.24) is 14.8 Å². The second kappa shape index (κ2) is 13.8. The van der Waals surface area contributed by atoms with Crippen molar-refractivity contribution in [2.75, 3.05) is 38.7 Å². The lowest BCUT2D eigenvalue weighted by molar-refractivity contribution is -0.132. The van der Waals surface area contributed by atoms with Crippen LogP contribution in [0.4, 0.5) is 10.5 Å². The maximum Gasteiger partial charge on any atom is 0.322 e. The van der Waals surface area contributed by atoms with Gasteiger partial charge < -0.3 is 24.8 Å². The summed E-state index contributed by atoms with van der Waals surface area (Å²) in [5.41, 5.74) is 7.46. The minimum atomic E-state index is -0.292. The molecule has 7 heteroatoms. The number of aromatic amines is 1. The van der Waals surface area contributed by atoms with Gasteiger partial charge >= 0.3 is 6.03 Å². The number of para-hydroxylation sites is 1. The van der Waals surface area contributed by atoms with Crippen LogP contribution in [0.15, 0.2) is 72.9 Å². The number of H-pyrrole nitrogens is 1. The lowest BCUT2D eigenvalue weighted by atomic mass is 10.1. The average molecular weight is 541 g/mol. The molecule has 0 aliphatic heterocycles. The van der Waals surface area contributed by atoms with E-state index in [9.17, 15) is 9.59 Å². The number of fused-ring (bicyclic) bond motifs is 1. The van der Waals surface area contributed by atoms with Crippen LogP contribution in [-0.4, -0.2) is 60.1 Å². The molecule has 40 heavy (non-hydrogen) atoms. The van der Waals surface area contributed by atoms with Crippen LogP contribution in [0.2, 0.25) is 0 Å². The van der Waals surface area contributed by atoms with Gasteiger partial charge in [-0.15, -0.1) is 0 Å². The number of carbonyl (C=O) groups excluding carboxylic acids is 2. The number of amides is 3. The fourth-order valence-electron chi connectivity index (χ4n) is 4.74. The summed E-state index contributed by atoms with van der Waals surface area (Å²) in [6.07, 6.45) is 3.37. The van der Waals surface area contributed by atoms with E-state index >= 15 is 0 Å². The lowest BCUT2D eigenvalue weighted by Crippen LogP contribution is -2.45. The number of nitrogens with zero attached hydrogens (tertiary/aromatic N) is 2. The van der Waals surface area contributed by atoms with Gasteiger partial charge in [0.15, 0.2) is 0 Å². The first-order chi connectivity index (χ1) is 19.3. The Balaban J connectivity index is 1.51. The first-order valence-electron chi connectivity index (χ1n) is 13.8. The summed E-state index contributed by atoms with van der Waals surface area (Å²) in [6, 6.07) is 22.0. The SMILES string of the molecule is COCCCN(CC(=O)N(CCc1c[nH]c2ccccc12)Cc1ccc(C)cc1)C(=O)Nc1ccc(C)c(C)c1. The van der Waals surface area contributed by atoms with Crippen molar-refractivity contribution in [1.29, 1.82) is 0 Å². The number of methoxy groups -OCH3 is 1. The quantitative estimate of drug-likeness (QED) is 0.209. The Labute approximate surface area is 237 Å². The number of nitrogens with one attached hydrogen (secondary N) is 2. The highest BCUT2D eigenvalue weighted by atomic mass is 16.5. The highest BCUT2D eigenvalue weighted by molar-refractivity contribution is 5.92. The summed E-state index contributed by atoms with van der Waals surface area (Å²) in [5, 5.41) is 4.15. The Morgan fingerprint density at radius 1 is 0.900 bits per heavy atom. The summed E-state index contributed by atoms with van der Waals surface area (Å²) < 4.78 is 5.22. The van der Waals surface area contributed by atoms with Crippen LogP contribution in [0.25, 0.3) is 10.9 Å². The topological polar surface area (TPSA) is 77.7 Å². The average Bonchev–Trinajstić information content (AvgIpc) is 3.36. The van der Waals surface area contributed by atoms with E-state index in [1.165, 1.54) is 16.5 Å². The number of hydrogen-bond donors (Lipinski definition) is 2. The van der Waals surface area contributed by atoms with Crippen LogP contribution >= 0.6 is 0 Å². The van der Waals surface area contributed by atoms with Crippen molar-refractivity contribution in [3.8, 4) is 0 Å². The molecule has 4 aromatic rings. The van der Waals surface area contributed by atoms with Crippen molar-refractivity contribution in [2.45, 2.75) is 40.2 Å². The van der Waals surface area contributed by atoms with Gasteiger partial charge in [0, 0.05) is 56.1 Å². The van der Waals surface area contributed by atoms with Crippen molar-refractivity contribution in [3.05, 3.63) is 101 Å². The Morgan fingerprint density at radius 3 is 2.42 bits per heavy atom. The van der Waals surface area contributed by atoms with E-state index in [1.807, 2.05) is 55.3 Å². The first-order valence-corrected chi connectivity index (χ1v) is 13.8. The van der Waals surface area contributed by atoms with Crippen molar-refractivity contribution < 1.29 is 14.3 Å². The molecule has 2 N–H and O–H groups in total. The standard InChI is InChI=1S/C33H40N4O3/c1-24-10-13-27(14-11-24)22-36(18-16-28-21-34-31-9-6-5-8-30(28)31)32(38)23-37(17-7-19-40-4)33(39)35-29-15-12-25(2)26(3)20-29/h5-6,8-15,20-21,34H,7,16-19,22-23H2,1-4H3,(H,35,39). The molecule has 0 aliphatic carbocycles. The number of aromatic nitrogens is 1. The van der Waals surface area contributed by atoms with E-state index in [0.717, 1.165) is 22.2 Å². The molecule has 0 saturated carbocycles. The molecule has 1 heterocycles. The molecule has 3 aromatic carbocycles. The van der Waals surface area contributed by atoms with E-state index in [2.05, 4.69) is 53.6 Å². The number of carbonyl (C=O) groups is 2. The van der Waals surface area contributed by atoms with Crippen LogP contribution in [-0.2, 0) is 22.5 Å². The van der Waals surface area contributed by atoms with Crippen LogP contribution in [0.5, 0.6) is 0 Å². The van der Waals surface area contributed by atoms with Gasteiger partial charge in [0.1, 0.15) is 6.54 Å². The van der Waals surface area contributed by atoms with Crippen molar-refractivity contribution in [2.24, 2.45) is 0 Å². The first kappa shape index (κ1) is 28.9. The molecule has 7 nitrogen and oxygen atoms in total. The Bertz CT molecular complexity index is 1430. The van der Waals surface area contributed by atoms with E-state index < -0.39 is 0 Å². The Hall–Kier alpha value is -4.10. The number of hydrogen-bond acceptors (Lipinski definition) is 3. The highest BCUT2D eigenvalue weighted by Gasteiger charge is 2.22. The lowest BCUT2D eigenvalue weighted by Gasteiger charge is -2.28. The molecule has 1 aromatic heterocycles. The summed E-state index contributed by atoms with van der Waals surface area (Å²) in [7, 11) is 1.64. The fraction of sp³-hybridized carbons (Fsp3) is 0.333. The van der Waals surface area contributed by atoms with Gasteiger partial charge in [0.05, 0.1) is 0 Å². The summed E-state index contributed by atoms with van der Waals surface area (Å²) in [5.74, 6) is -0.0898. The van der Waals surface area contributed by atoms with E-state index in [-0.39, 0.29) is 18.5 Å². The monoisotopic (exact) mass is 540 g/mol. The highest BCUT2D eigenvalue weighted by Crippen LogP contribution is 2.19. The van der Waals surface area contributed by atoms with Gasteiger partial charge in [-0.1, -0.05) is 54.1 Å². The third-order valence-corrected chi connectivity index (χ3v) is 7.32. The number of urea groups is 1. The van der Waals surface area contributed by atoms with Crippen LogP contribution < -0.4 is 5.32 Å². The number of anilines is 1. The smallest absolute Gasteiger partial charge is 0.322 e.